The van der Waals surface area contributed by atoms with E-state index >= 15 is 0 Å². The van der Waals surface area contributed by atoms with E-state index in [0.29, 0.717) is 16.7 Å². The molecule has 3 fully saturated rings. The Kier molecular flexibility index (Phi) is 4.50. The van der Waals surface area contributed by atoms with Crippen LogP contribution in [0.5, 0.6) is 0 Å². The fraction of sp³-hybridized carbons (Fsp3) is 0.440. The van der Waals surface area contributed by atoms with Gasteiger partial charge in [0.2, 0.25) is 0 Å². The quantitative estimate of drug-likeness (QED) is 0.626. The van der Waals surface area contributed by atoms with Crippen LogP contribution in [0.4, 0.5) is 0 Å². The molecule has 0 aromatic carbocycles. The van der Waals surface area contributed by atoms with E-state index in [1.165, 1.54) is 55.5 Å². The molecule has 2 atom stereocenters. The molecule has 0 amide bonds. The summed E-state index contributed by atoms with van der Waals surface area (Å²) in [6, 6.07) is 4.65. The van der Waals surface area contributed by atoms with Crippen LogP contribution in [0.2, 0.25) is 0 Å². The topological polar surface area (TPSA) is 72.4 Å². The van der Waals surface area contributed by atoms with Crippen LogP contribution in [-0.4, -0.2) is 40.8 Å². The molecule has 2 unspecified atom stereocenters. The van der Waals surface area contributed by atoms with Crippen LogP contribution in [0.3, 0.4) is 0 Å². The highest BCUT2D eigenvalue weighted by Crippen LogP contribution is 2.58. The van der Waals surface area contributed by atoms with Gasteiger partial charge in [0.15, 0.2) is 5.17 Å². The molecule has 33 heavy (non-hydrogen) atoms. The van der Waals surface area contributed by atoms with Gasteiger partial charge >= 0.3 is 0 Å². The molecule has 4 aliphatic rings. The summed E-state index contributed by atoms with van der Waals surface area (Å²) in [5.74, 6) is 0. The number of thioether (sulfide) groups is 1. The van der Waals surface area contributed by atoms with Crippen LogP contribution >= 0.6 is 11.8 Å². The number of amidine groups is 1. The summed E-state index contributed by atoms with van der Waals surface area (Å²) in [7, 11) is 0. The number of hydrogen-bond donors (Lipinski definition) is 1. The van der Waals surface area contributed by atoms with Crippen LogP contribution in [0, 0.1) is 5.41 Å². The summed E-state index contributed by atoms with van der Waals surface area (Å²) in [5, 5.41) is 13.2. The van der Waals surface area contributed by atoms with Crippen molar-refractivity contribution < 1.29 is 0 Å². The van der Waals surface area contributed by atoms with Gasteiger partial charge in [0.1, 0.15) is 5.65 Å². The van der Waals surface area contributed by atoms with Crippen LogP contribution in [-0.2, 0) is 6.42 Å². The first-order chi connectivity index (χ1) is 16.3. The van der Waals surface area contributed by atoms with Gasteiger partial charge in [-0.15, -0.1) is 5.10 Å². The molecule has 1 aliphatic heterocycles. The number of nitrogens with zero attached hydrogens (tertiary/aromatic N) is 6. The average Bonchev–Trinajstić information content (AvgIpc) is 3.31. The SMILES string of the molecule is C1=C(Cc2cnc3cc(-n4ccnn4)ccn23)CC2SC(=NC3CC34CCCCC4)NC2=C1. The Hall–Kier alpha value is -2.87. The predicted octanol–water partition coefficient (Wildman–Crippen LogP) is 4.46. The molecular formula is C25H27N7S. The van der Waals surface area contributed by atoms with Crippen LogP contribution in [0.15, 0.2) is 65.3 Å². The number of fused-ring (bicyclic) bond motifs is 2. The maximum atomic E-state index is 5.14. The molecule has 1 saturated heterocycles. The number of nitrogens with one attached hydrogen (secondary N) is 1. The van der Waals surface area contributed by atoms with Crippen molar-refractivity contribution in [2.45, 2.75) is 62.7 Å². The second kappa shape index (κ2) is 7.58. The lowest BCUT2D eigenvalue weighted by Crippen LogP contribution is -2.18. The van der Waals surface area contributed by atoms with Crippen molar-refractivity contribution in [3.05, 3.63) is 66.0 Å². The molecule has 1 spiro atoms. The molecule has 3 aliphatic carbocycles. The first-order valence-electron chi connectivity index (χ1n) is 12.0. The smallest absolute Gasteiger partial charge is 0.161 e. The Morgan fingerprint density at radius 3 is 3.00 bits per heavy atom. The summed E-state index contributed by atoms with van der Waals surface area (Å²) >= 11 is 1.92. The molecule has 8 heteroatoms. The molecule has 0 bridgehead atoms. The van der Waals surface area contributed by atoms with Crippen molar-refractivity contribution in [1.82, 2.24) is 29.7 Å². The minimum Gasteiger partial charge on any atom is -0.337 e. The van der Waals surface area contributed by atoms with Gasteiger partial charge in [0, 0.05) is 36.3 Å². The third-order valence-corrected chi connectivity index (χ3v) is 8.87. The van der Waals surface area contributed by atoms with E-state index in [1.54, 1.807) is 10.9 Å². The third-order valence-electron chi connectivity index (χ3n) is 7.74. The number of hydrogen-bond acceptors (Lipinski definition) is 5. The van der Waals surface area contributed by atoms with Crippen LogP contribution in [0.25, 0.3) is 11.3 Å². The summed E-state index contributed by atoms with van der Waals surface area (Å²) in [4.78, 5) is 9.77. The molecule has 0 radical (unpaired) electrons. The highest BCUT2D eigenvalue weighted by molar-refractivity contribution is 8.15. The highest BCUT2D eigenvalue weighted by Gasteiger charge is 2.54. The number of imidazole rings is 1. The Balaban J connectivity index is 1.03. The van der Waals surface area contributed by atoms with Gasteiger partial charge < -0.3 is 9.72 Å². The first-order valence-corrected chi connectivity index (χ1v) is 12.9. The van der Waals surface area contributed by atoms with E-state index in [0.717, 1.165) is 29.3 Å². The van der Waals surface area contributed by atoms with E-state index in [9.17, 15) is 0 Å². The standard InChI is InChI=1S/C25H27N7S/c1-2-7-25(8-3-1)15-22(25)29-24-28-20-5-4-17(13-21(20)33-24)12-19-16-26-23-14-18(6-10-31(19)23)32-11-9-27-30-32/h4-6,9-11,14,16,21-22H,1-3,7-8,12-13,15H2,(H,28,29). The predicted molar refractivity (Wildman–Crippen MR) is 130 cm³/mol. The number of pyridine rings is 1. The van der Waals surface area contributed by atoms with Crippen LogP contribution < -0.4 is 5.32 Å². The molecule has 168 valence electrons. The monoisotopic (exact) mass is 457 g/mol. The van der Waals surface area contributed by atoms with Crippen molar-refractivity contribution in [1.29, 1.82) is 0 Å². The van der Waals surface area contributed by atoms with Gasteiger partial charge in [-0.3, -0.25) is 4.99 Å². The average molecular weight is 458 g/mol. The van der Waals surface area contributed by atoms with Crippen molar-refractivity contribution in [2.75, 3.05) is 0 Å². The zero-order valence-corrected chi connectivity index (χ0v) is 19.3. The van der Waals surface area contributed by atoms with E-state index in [-0.39, 0.29) is 0 Å². The Labute approximate surface area is 197 Å². The van der Waals surface area contributed by atoms with E-state index < -0.39 is 0 Å². The number of rotatable bonds is 4. The molecule has 7 nitrogen and oxygen atoms in total. The van der Waals surface area contributed by atoms with E-state index in [1.807, 2.05) is 30.2 Å². The second-order valence-corrected chi connectivity index (χ2v) is 11.0. The van der Waals surface area contributed by atoms with Crippen molar-refractivity contribution >= 4 is 22.6 Å². The Morgan fingerprint density at radius 1 is 1.18 bits per heavy atom. The minimum absolute atomic E-state index is 0.461. The maximum Gasteiger partial charge on any atom is 0.161 e. The number of aliphatic imine (C=N–C) groups is 1. The van der Waals surface area contributed by atoms with E-state index in [2.05, 4.69) is 49.4 Å². The van der Waals surface area contributed by atoms with Crippen molar-refractivity contribution in [2.24, 2.45) is 10.4 Å². The molecule has 2 saturated carbocycles. The number of aromatic nitrogens is 5. The molecule has 1 N–H and O–H groups in total. The molecule has 7 rings (SSSR count). The largest absolute Gasteiger partial charge is 0.337 e. The van der Waals surface area contributed by atoms with Gasteiger partial charge in [-0.1, -0.05) is 47.9 Å². The zero-order chi connectivity index (χ0) is 21.8. The molecule has 4 heterocycles. The maximum absolute atomic E-state index is 5.14. The summed E-state index contributed by atoms with van der Waals surface area (Å²) < 4.78 is 3.93. The van der Waals surface area contributed by atoms with Gasteiger partial charge in [-0.2, -0.15) is 0 Å². The summed E-state index contributed by atoms with van der Waals surface area (Å²) in [6.45, 7) is 0. The fourth-order valence-corrected chi connectivity index (χ4v) is 6.95. The van der Waals surface area contributed by atoms with Crippen LogP contribution in [0.1, 0.15) is 50.6 Å². The normalized spacial score (nSPS) is 26.8. The third kappa shape index (κ3) is 3.51. The summed E-state index contributed by atoms with van der Waals surface area (Å²) in [5.41, 5.74) is 6.41. The summed E-state index contributed by atoms with van der Waals surface area (Å²) in [6.07, 6.45) is 22.4. The van der Waals surface area contributed by atoms with Gasteiger partial charge in [0.05, 0.1) is 29.4 Å². The Morgan fingerprint density at radius 2 is 2.12 bits per heavy atom. The van der Waals surface area contributed by atoms with E-state index in [4.69, 9.17) is 4.99 Å². The van der Waals surface area contributed by atoms with Crippen molar-refractivity contribution in [3.8, 4) is 5.69 Å². The lowest BCUT2D eigenvalue weighted by Gasteiger charge is -2.21. The van der Waals surface area contributed by atoms with Gasteiger partial charge in [-0.05, 0) is 43.2 Å². The number of allylic oxidation sites excluding steroid dienone is 3. The molecule has 3 aromatic heterocycles. The lowest BCUT2D eigenvalue weighted by molar-refractivity contribution is 0.326. The van der Waals surface area contributed by atoms with Gasteiger partial charge in [-0.25, -0.2) is 9.67 Å². The first kappa shape index (κ1) is 19.6. The minimum atomic E-state index is 0.461. The fourth-order valence-electron chi connectivity index (χ4n) is 5.76. The Bertz CT molecular complexity index is 1290. The van der Waals surface area contributed by atoms with Crippen molar-refractivity contribution in [3.63, 3.8) is 0 Å². The molecule has 3 aromatic rings. The van der Waals surface area contributed by atoms with Gasteiger partial charge in [0.25, 0.3) is 0 Å². The highest BCUT2D eigenvalue weighted by atomic mass is 32.2. The molecular weight excluding hydrogens is 430 g/mol. The lowest BCUT2D eigenvalue weighted by atomic mass is 9.86. The zero-order valence-electron chi connectivity index (χ0n) is 18.5. The second-order valence-electron chi connectivity index (χ2n) is 9.85.